The second kappa shape index (κ2) is 8.12. The van der Waals surface area contributed by atoms with E-state index in [0.717, 1.165) is 36.8 Å². The molecule has 0 aromatic heterocycles. The highest BCUT2D eigenvalue weighted by atomic mass is 19.1. The fourth-order valence-corrected chi connectivity index (χ4v) is 9.12. The van der Waals surface area contributed by atoms with Crippen molar-refractivity contribution in [1.82, 2.24) is 4.90 Å². The number of halogens is 2. The van der Waals surface area contributed by atoms with Gasteiger partial charge in [0.05, 0.1) is 0 Å². The van der Waals surface area contributed by atoms with Gasteiger partial charge in [-0.1, -0.05) is 26.0 Å². The molecule has 1 N–H and O–H groups in total. The second-order valence-corrected chi connectivity index (χ2v) is 12.9. The van der Waals surface area contributed by atoms with E-state index in [1.807, 2.05) is 6.07 Å². The number of hydrogen-bond donors (Lipinski definition) is 1. The van der Waals surface area contributed by atoms with Gasteiger partial charge in [0.15, 0.2) is 0 Å². The summed E-state index contributed by atoms with van der Waals surface area (Å²) in [5.74, 6) is -0.701. The number of nitrogens with zero attached hydrogens (tertiary/aromatic N) is 1. The molecule has 0 radical (unpaired) electrons. The zero-order valence-corrected chi connectivity index (χ0v) is 21.1. The van der Waals surface area contributed by atoms with Gasteiger partial charge in [-0.3, -0.25) is 9.59 Å². The van der Waals surface area contributed by atoms with E-state index in [0.29, 0.717) is 41.5 Å². The smallest absolute Gasteiger partial charge is 0.254 e. The van der Waals surface area contributed by atoms with Gasteiger partial charge in [0.1, 0.15) is 11.6 Å². The monoisotopic (exact) mass is 492 g/mol. The number of carbonyl (C=O) groups excluding carboxylic acids is 2. The molecule has 1 aliphatic heterocycles. The van der Waals surface area contributed by atoms with Gasteiger partial charge in [-0.15, -0.1) is 0 Å². The minimum Gasteiger partial charge on any atom is -0.334 e. The Hall–Kier alpha value is -2.76. The number of benzene rings is 2. The fourth-order valence-electron chi connectivity index (χ4n) is 9.12. The maximum atomic E-state index is 14.2. The summed E-state index contributed by atoms with van der Waals surface area (Å²) in [5.41, 5.74) is 3.19. The predicted octanol–water partition coefficient (Wildman–Crippen LogP) is 6.49. The molecular weight excluding hydrogens is 458 g/mol. The Morgan fingerprint density at radius 1 is 1.06 bits per heavy atom. The third-order valence-corrected chi connectivity index (χ3v) is 9.25. The number of anilines is 1. The summed E-state index contributed by atoms with van der Waals surface area (Å²) in [6, 6.07) is 8.87. The van der Waals surface area contributed by atoms with E-state index in [-0.39, 0.29) is 29.3 Å². The van der Waals surface area contributed by atoms with Crippen molar-refractivity contribution in [1.29, 1.82) is 0 Å². The van der Waals surface area contributed by atoms with E-state index in [1.54, 1.807) is 17.0 Å². The first-order valence-corrected chi connectivity index (χ1v) is 13.2. The molecule has 2 amide bonds. The number of carbonyl (C=O) groups is 2. The number of fused-ring (bicyclic) bond motifs is 1. The minimum atomic E-state index is -0.651. The molecule has 2 atom stereocenters. The molecule has 36 heavy (non-hydrogen) atoms. The molecule has 6 heteroatoms. The Bertz CT molecular complexity index is 1240. The second-order valence-electron chi connectivity index (χ2n) is 12.9. The average molecular weight is 493 g/mol. The van der Waals surface area contributed by atoms with E-state index >= 15 is 0 Å². The Morgan fingerprint density at radius 3 is 2.50 bits per heavy atom. The molecule has 0 saturated heterocycles. The van der Waals surface area contributed by atoms with Crippen LogP contribution >= 0.6 is 0 Å². The molecular formula is C30H34F2N2O2. The summed E-state index contributed by atoms with van der Waals surface area (Å²) in [6.07, 6.45) is 8.45. The van der Waals surface area contributed by atoms with Crippen LogP contribution in [0.25, 0.3) is 0 Å². The van der Waals surface area contributed by atoms with Crippen LogP contribution in [-0.4, -0.2) is 23.3 Å². The van der Waals surface area contributed by atoms with Crippen molar-refractivity contribution in [3.63, 3.8) is 0 Å². The van der Waals surface area contributed by atoms with Crippen molar-refractivity contribution in [2.24, 2.45) is 22.2 Å². The lowest BCUT2D eigenvalue weighted by molar-refractivity contribution is -0.153. The summed E-state index contributed by atoms with van der Waals surface area (Å²) >= 11 is 0. The first-order chi connectivity index (χ1) is 17.0. The molecule has 2 aromatic carbocycles. The van der Waals surface area contributed by atoms with Gasteiger partial charge in [-0.2, -0.15) is 0 Å². The standard InChI is InChI=1S/C30H34F2N2O2/c1-28-11-19-12-29(2,16-28)18-30(13-19,17-28)14-26(35)33-25-5-3-4-23-22(25)8-9-34(27(23)36)15-20-6-7-21(31)10-24(20)32/h3-7,10,19H,8-9,11-18H2,1-2H3,(H,33,35). The maximum Gasteiger partial charge on any atom is 0.254 e. The van der Waals surface area contributed by atoms with Crippen LogP contribution in [0.15, 0.2) is 36.4 Å². The Kier molecular flexibility index (Phi) is 5.33. The van der Waals surface area contributed by atoms with Crippen LogP contribution in [0.5, 0.6) is 0 Å². The molecule has 5 aliphatic rings. The summed E-state index contributed by atoms with van der Waals surface area (Å²) in [4.78, 5) is 28.2. The summed E-state index contributed by atoms with van der Waals surface area (Å²) in [5, 5.41) is 3.16. The van der Waals surface area contributed by atoms with Crippen molar-refractivity contribution in [3.05, 3.63) is 64.7 Å². The Morgan fingerprint density at radius 2 is 1.81 bits per heavy atom. The van der Waals surface area contributed by atoms with Gasteiger partial charge in [-0.25, -0.2) is 8.78 Å². The molecule has 4 bridgehead atoms. The number of nitrogens with one attached hydrogen (secondary N) is 1. The van der Waals surface area contributed by atoms with Crippen LogP contribution in [0, 0.1) is 33.8 Å². The molecule has 7 rings (SSSR count). The van der Waals surface area contributed by atoms with Gasteiger partial charge in [0.2, 0.25) is 5.91 Å². The highest BCUT2D eigenvalue weighted by molar-refractivity contribution is 6.00. The van der Waals surface area contributed by atoms with Crippen molar-refractivity contribution < 1.29 is 18.4 Å². The molecule has 4 saturated carbocycles. The molecule has 2 aromatic rings. The van der Waals surface area contributed by atoms with Gasteiger partial charge < -0.3 is 10.2 Å². The lowest BCUT2D eigenvalue weighted by atomic mass is 9.40. The van der Waals surface area contributed by atoms with Gasteiger partial charge in [-0.05, 0) is 90.9 Å². The highest BCUT2D eigenvalue weighted by Crippen LogP contribution is 2.70. The quantitative estimate of drug-likeness (QED) is 0.519. The fraction of sp³-hybridized carbons (Fsp3) is 0.533. The SMILES string of the molecule is CC12CC3CC(C)(C1)CC(CC(=O)Nc1cccc4c1CCN(Cc1ccc(F)cc1F)C4=O)(C3)C2. The Balaban J connectivity index is 1.17. The summed E-state index contributed by atoms with van der Waals surface area (Å²) in [7, 11) is 0. The molecule has 1 heterocycles. The zero-order chi connectivity index (χ0) is 25.3. The predicted molar refractivity (Wildman–Crippen MR) is 134 cm³/mol. The van der Waals surface area contributed by atoms with Crippen LogP contribution in [-0.2, 0) is 17.8 Å². The van der Waals surface area contributed by atoms with Crippen LogP contribution in [0.2, 0.25) is 0 Å². The molecule has 4 aliphatic carbocycles. The Labute approximate surface area is 211 Å². The third-order valence-electron chi connectivity index (χ3n) is 9.25. The molecule has 190 valence electrons. The first-order valence-electron chi connectivity index (χ1n) is 13.2. The van der Waals surface area contributed by atoms with Gasteiger partial charge >= 0.3 is 0 Å². The topological polar surface area (TPSA) is 49.4 Å². The molecule has 0 spiro atoms. The van der Waals surface area contributed by atoms with Gasteiger partial charge in [0.25, 0.3) is 5.91 Å². The summed E-state index contributed by atoms with van der Waals surface area (Å²) < 4.78 is 27.4. The zero-order valence-electron chi connectivity index (χ0n) is 21.1. The van der Waals surface area contributed by atoms with E-state index in [4.69, 9.17) is 0 Å². The van der Waals surface area contributed by atoms with Crippen molar-refractivity contribution in [2.75, 3.05) is 11.9 Å². The lowest BCUT2D eigenvalue weighted by Crippen LogP contribution is -2.55. The van der Waals surface area contributed by atoms with Crippen LogP contribution in [0.4, 0.5) is 14.5 Å². The van der Waals surface area contributed by atoms with Crippen molar-refractivity contribution in [3.8, 4) is 0 Å². The van der Waals surface area contributed by atoms with E-state index < -0.39 is 11.6 Å². The number of hydrogen-bond acceptors (Lipinski definition) is 2. The molecule has 2 unspecified atom stereocenters. The van der Waals surface area contributed by atoms with Crippen LogP contribution < -0.4 is 5.32 Å². The lowest BCUT2D eigenvalue weighted by Gasteiger charge is -2.65. The van der Waals surface area contributed by atoms with E-state index in [2.05, 4.69) is 19.2 Å². The van der Waals surface area contributed by atoms with Crippen LogP contribution in [0.1, 0.15) is 80.3 Å². The first kappa shape index (κ1) is 23.6. The van der Waals surface area contributed by atoms with Crippen molar-refractivity contribution in [2.45, 2.75) is 71.8 Å². The summed E-state index contributed by atoms with van der Waals surface area (Å²) in [6.45, 7) is 5.34. The van der Waals surface area contributed by atoms with E-state index in [9.17, 15) is 18.4 Å². The van der Waals surface area contributed by atoms with Crippen molar-refractivity contribution >= 4 is 17.5 Å². The normalized spacial score (nSPS) is 32.5. The minimum absolute atomic E-state index is 0.0424. The highest BCUT2D eigenvalue weighted by Gasteiger charge is 2.60. The largest absolute Gasteiger partial charge is 0.334 e. The average Bonchev–Trinajstić information content (AvgIpc) is 2.74. The maximum absolute atomic E-state index is 14.2. The number of amides is 2. The molecule has 4 nitrogen and oxygen atoms in total. The molecule has 4 fully saturated rings. The third kappa shape index (κ3) is 4.12. The van der Waals surface area contributed by atoms with E-state index in [1.165, 1.54) is 31.4 Å². The number of rotatable bonds is 5. The van der Waals surface area contributed by atoms with Crippen LogP contribution in [0.3, 0.4) is 0 Å². The van der Waals surface area contributed by atoms with Gasteiger partial charge in [0, 0.05) is 42.4 Å².